The molecule has 2 aromatic rings. The van der Waals surface area contributed by atoms with Gasteiger partial charge in [-0.2, -0.15) is 4.98 Å². The zero-order valence-corrected chi connectivity index (χ0v) is 10.2. The molecule has 6 heteroatoms. The van der Waals surface area contributed by atoms with E-state index >= 15 is 0 Å². The van der Waals surface area contributed by atoms with Gasteiger partial charge in [-0.05, 0) is 18.7 Å². The SMILES string of the molecule is CCNCCc1nc(-c2ccc(Cl)cn2)no1. The van der Waals surface area contributed by atoms with Crippen LogP contribution in [0.2, 0.25) is 5.02 Å². The van der Waals surface area contributed by atoms with Crippen molar-refractivity contribution in [3.05, 3.63) is 29.2 Å². The predicted molar refractivity (Wildman–Crippen MR) is 64.8 cm³/mol. The molecule has 0 saturated heterocycles. The Morgan fingerprint density at radius 1 is 1.41 bits per heavy atom. The summed E-state index contributed by atoms with van der Waals surface area (Å²) in [5.41, 5.74) is 0.660. The normalized spacial score (nSPS) is 10.7. The van der Waals surface area contributed by atoms with Crippen LogP contribution in [0, 0.1) is 0 Å². The number of nitrogens with zero attached hydrogens (tertiary/aromatic N) is 3. The molecular formula is C11H13ClN4O. The fraction of sp³-hybridized carbons (Fsp3) is 0.364. The van der Waals surface area contributed by atoms with E-state index in [-0.39, 0.29) is 0 Å². The highest BCUT2D eigenvalue weighted by atomic mass is 35.5. The summed E-state index contributed by atoms with van der Waals surface area (Å²) in [5.74, 6) is 1.10. The minimum absolute atomic E-state index is 0.494. The van der Waals surface area contributed by atoms with E-state index in [1.54, 1.807) is 18.3 Å². The molecule has 90 valence electrons. The molecule has 0 spiro atoms. The minimum Gasteiger partial charge on any atom is -0.339 e. The Hall–Kier alpha value is -1.46. The first-order valence-corrected chi connectivity index (χ1v) is 5.82. The van der Waals surface area contributed by atoms with E-state index in [9.17, 15) is 0 Å². The molecule has 0 fully saturated rings. The molecule has 2 aromatic heterocycles. The summed E-state index contributed by atoms with van der Waals surface area (Å²) in [5, 5.41) is 7.66. The highest BCUT2D eigenvalue weighted by Gasteiger charge is 2.09. The molecule has 2 heterocycles. The van der Waals surface area contributed by atoms with Crippen molar-refractivity contribution in [2.75, 3.05) is 13.1 Å². The molecular weight excluding hydrogens is 240 g/mol. The van der Waals surface area contributed by atoms with Crippen LogP contribution in [0.4, 0.5) is 0 Å². The highest BCUT2D eigenvalue weighted by molar-refractivity contribution is 6.30. The fourth-order valence-corrected chi connectivity index (χ4v) is 1.45. The molecule has 0 aromatic carbocycles. The van der Waals surface area contributed by atoms with E-state index in [0.717, 1.165) is 13.1 Å². The van der Waals surface area contributed by atoms with E-state index in [4.69, 9.17) is 16.1 Å². The Kier molecular flexibility index (Phi) is 4.06. The summed E-state index contributed by atoms with van der Waals surface area (Å²) in [4.78, 5) is 8.38. The Morgan fingerprint density at radius 2 is 2.29 bits per heavy atom. The molecule has 0 unspecified atom stereocenters. The standard InChI is InChI=1S/C11H13ClN4O/c1-2-13-6-5-10-15-11(16-17-10)9-4-3-8(12)7-14-9/h3-4,7,13H,2,5-6H2,1H3. The second-order valence-electron chi connectivity index (χ2n) is 3.48. The van der Waals surface area contributed by atoms with Crippen LogP contribution in [0.5, 0.6) is 0 Å². The molecule has 0 aliphatic heterocycles. The van der Waals surface area contributed by atoms with Gasteiger partial charge >= 0.3 is 0 Å². The molecule has 0 amide bonds. The lowest BCUT2D eigenvalue weighted by Gasteiger charge is -1.95. The van der Waals surface area contributed by atoms with Crippen LogP contribution in [0.15, 0.2) is 22.9 Å². The van der Waals surface area contributed by atoms with E-state index in [2.05, 4.69) is 27.4 Å². The molecule has 0 saturated carbocycles. The number of hydrogen-bond acceptors (Lipinski definition) is 5. The number of nitrogens with one attached hydrogen (secondary N) is 1. The van der Waals surface area contributed by atoms with Gasteiger partial charge in [-0.3, -0.25) is 4.98 Å². The van der Waals surface area contributed by atoms with Crippen LogP contribution in [0.1, 0.15) is 12.8 Å². The van der Waals surface area contributed by atoms with Crippen LogP contribution < -0.4 is 5.32 Å². The van der Waals surface area contributed by atoms with E-state index in [0.29, 0.717) is 28.9 Å². The maximum absolute atomic E-state index is 5.75. The molecule has 0 aliphatic rings. The molecule has 0 aliphatic carbocycles. The predicted octanol–water partition coefficient (Wildman–Crippen LogP) is 1.94. The van der Waals surface area contributed by atoms with Gasteiger partial charge in [0.25, 0.3) is 0 Å². The quantitative estimate of drug-likeness (QED) is 0.824. The zero-order chi connectivity index (χ0) is 12.1. The maximum Gasteiger partial charge on any atom is 0.228 e. The molecule has 1 N–H and O–H groups in total. The zero-order valence-electron chi connectivity index (χ0n) is 9.48. The van der Waals surface area contributed by atoms with Gasteiger partial charge in [0.2, 0.25) is 11.7 Å². The summed E-state index contributed by atoms with van der Waals surface area (Å²) in [6.07, 6.45) is 2.28. The summed E-state index contributed by atoms with van der Waals surface area (Å²) < 4.78 is 5.12. The Labute approximate surface area is 104 Å². The lowest BCUT2D eigenvalue weighted by molar-refractivity contribution is 0.376. The van der Waals surface area contributed by atoms with Gasteiger partial charge in [0.05, 0.1) is 5.02 Å². The van der Waals surface area contributed by atoms with Gasteiger partial charge in [0.15, 0.2) is 0 Å². The van der Waals surface area contributed by atoms with Crippen molar-refractivity contribution in [2.45, 2.75) is 13.3 Å². The topological polar surface area (TPSA) is 63.8 Å². The molecule has 5 nitrogen and oxygen atoms in total. The van der Waals surface area contributed by atoms with Crippen LogP contribution in [-0.2, 0) is 6.42 Å². The molecule has 0 radical (unpaired) electrons. The average molecular weight is 253 g/mol. The first-order valence-electron chi connectivity index (χ1n) is 5.45. The lowest BCUT2D eigenvalue weighted by Crippen LogP contribution is -2.16. The van der Waals surface area contributed by atoms with Crippen LogP contribution in [-0.4, -0.2) is 28.2 Å². The first kappa shape index (κ1) is 12.0. The minimum atomic E-state index is 0.494. The second kappa shape index (κ2) is 5.75. The van der Waals surface area contributed by atoms with Crippen molar-refractivity contribution < 1.29 is 4.52 Å². The highest BCUT2D eigenvalue weighted by Crippen LogP contribution is 2.15. The van der Waals surface area contributed by atoms with E-state index in [1.165, 1.54) is 0 Å². The maximum atomic E-state index is 5.75. The van der Waals surface area contributed by atoms with Crippen molar-refractivity contribution in [3.8, 4) is 11.5 Å². The molecule has 0 bridgehead atoms. The largest absolute Gasteiger partial charge is 0.339 e. The third-order valence-electron chi connectivity index (χ3n) is 2.19. The van der Waals surface area contributed by atoms with Gasteiger partial charge in [-0.15, -0.1) is 0 Å². The van der Waals surface area contributed by atoms with Gasteiger partial charge in [0, 0.05) is 19.2 Å². The summed E-state index contributed by atoms with van der Waals surface area (Å²) >= 11 is 5.75. The van der Waals surface area contributed by atoms with Gasteiger partial charge in [0.1, 0.15) is 5.69 Å². The first-order chi connectivity index (χ1) is 8.29. The number of aromatic nitrogens is 3. The molecule has 0 atom stereocenters. The molecule has 2 rings (SSSR count). The van der Waals surface area contributed by atoms with Crippen molar-refractivity contribution in [1.82, 2.24) is 20.4 Å². The Bertz CT molecular complexity index is 469. The summed E-state index contributed by atoms with van der Waals surface area (Å²) in [7, 11) is 0. The number of rotatable bonds is 5. The smallest absolute Gasteiger partial charge is 0.228 e. The molecule has 17 heavy (non-hydrogen) atoms. The van der Waals surface area contributed by atoms with Crippen molar-refractivity contribution in [3.63, 3.8) is 0 Å². The van der Waals surface area contributed by atoms with E-state index < -0.39 is 0 Å². The third-order valence-corrected chi connectivity index (χ3v) is 2.41. The van der Waals surface area contributed by atoms with Gasteiger partial charge in [-0.25, -0.2) is 0 Å². The monoisotopic (exact) mass is 252 g/mol. The summed E-state index contributed by atoms with van der Waals surface area (Å²) in [6, 6.07) is 3.51. The van der Waals surface area contributed by atoms with Crippen LogP contribution >= 0.6 is 11.6 Å². The van der Waals surface area contributed by atoms with E-state index in [1.807, 2.05) is 0 Å². The van der Waals surface area contributed by atoms with Crippen molar-refractivity contribution in [1.29, 1.82) is 0 Å². The van der Waals surface area contributed by atoms with Crippen molar-refractivity contribution >= 4 is 11.6 Å². The van der Waals surface area contributed by atoms with Crippen LogP contribution in [0.25, 0.3) is 11.5 Å². The van der Waals surface area contributed by atoms with Crippen molar-refractivity contribution in [2.24, 2.45) is 0 Å². The average Bonchev–Trinajstić information content (AvgIpc) is 2.79. The van der Waals surface area contributed by atoms with Crippen LogP contribution in [0.3, 0.4) is 0 Å². The second-order valence-corrected chi connectivity index (χ2v) is 3.91. The Morgan fingerprint density at radius 3 is 3.00 bits per heavy atom. The number of pyridine rings is 1. The summed E-state index contributed by atoms with van der Waals surface area (Å²) in [6.45, 7) is 3.81. The lowest BCUT2D eigenvalue weighted by atomic mass is 10.3. The number of likely N-dealkylation sites (N-methyl/N-ethyl adjacent to an activating group) is 1. The number of hydrogen-bond donors (Lipinski definition) is 1. The third kappa shape index (κ3) is 3.25. The number of halogens is 1. The van der Waals surface area contributed by atoms with Gasteiger partial charge in [-0.1, -0.05) is 23.7 Å². The Balaban J connectivity index is 2.04. The van der Waals surface area contributed by atoms with Gasteiger partial charge < -0.3 is 9.84 Å². The fourth-order valence-electron chi connectivity index (χ4n) is 1.34.